The van der Waals surface area contributed by atoms with E-state index >= 15 is 0 Å². The zero-order chi connectivity index (χ0) is 14.9. The summed E-state index contributed by atoms with van der Waals surface area (Å²) >= 11 is 0. The molecular formula is C17H21FN2. The van der Waals surface area contributed by atoms with Crippen LogP contribution in [-0.4, -0.2) is 4.98 Å². The van der Waals surface area contributed by atoms with Gasteiger partial charge in [-0.25, -0.2) is 4.39 Å². The van der Waals surface area contributed by atoms with Crippen molar-refractivity contribution in [1.82, 2.24) is 4.98 Å². The summed E-state index contributed by atoms with van der Waals surface area (Å²) in [4.78, 5) is 4.53. The molecule has 2 nitrogen and oxygen atoms in total. The summed E-state index contributed by atoms with van der Waals surface area (Å²) in [5.74, 6) is -0.174. The van der Waals surface area contributed by atoms with E-state index in [0.29, 0.717) is 5.56 Å². The lowest BCUT2D eigenvalue weighted by atomic mass is 10.00. The maximum atomic E-state index is 13.3. The second-order valence-electron chi connectivity index (χ2n) is 5.41. The Labute approximate surface area is 120 Å². The zero-order valence-corrected chi connectivity index (χ0v) is 12.7. The van der Waals surface area contributed by atoms with E-state index in [-0.39, 0.29) is 11.9 Å². The Morgan fingerprint density at radius 1 is 1.05 bits per heavy atom. The molecule has 3 heteroatoms. The minimum atomic E-state index is -0.174. The van der Waals surface area contributed by atoms with E-state index in [4.69, 9.17) is 0 Å². The molecule has 2 aromatic rings. The standard InChI is InChI=1S/C17H21FN2/c1-10-9-15(6-7-16(10)18)20-14(5)17-11(2)8-12(3)19-13(17)4/h6-9,14,20H,1-5H3. The third-order valence-electron chi connectivity index (χ3n) is 3.56. The fourth-order valence-corrected chi connectivity index (χ4v) is 2.74. The predicted octanol–water partition coefficient (Wildman–Crippen LogP) is 4.63. The van der Waals surface area contributed by atoms with E-state index in [9.17, 15) is 4.39 Å². The smallest absolute Gasteiger partial charge is 0.126 e. The minimum absolute atomic E-state index is 0.132. The van der Waals surface area contributed by atoms with Crippen molar-refractivity contribution in [2.45, 2.75) is 40.7 Å². The molecule has 2 rings (SSSR count). The van der Waals surface area contributed by atoms with Crippen molar-refractivity contribution in [2.75, 3.05) is 5.32 Å². The van der Waals surface area contributed by atoms with Crippen LogP contribution in [0.2, 0.25) is 0 Å². The summed E-state index contributed by atoms with van der Waals surface area (Å²) in [6.07, 6.45) is 0. The van der Waals surface area contributed by atoms with Crippen LogP contribution in [0.1, 0.15) is 41.0 Å². The van der Waals surface area contributed by atoms with Crippen molar-refractivity contribution in [3.05, 3.63) is 58.2 Å². The van der Waals surface area contributed by atoms with Gasteiger partial charge in [0.25, 0.3) is 0 Å². The third-order valence-corrected chi connectivity index (χ3v) is 3.56. The predicted molar refractivity (Wildman–Crippen MR) is 81.6 cm³/mol. The summed E-state index contributed by atoms with van der Waals surface area (Å²) in [6.45, 7) is 10.0. The van der Waals surface area contributed by atoms with Crippen molar-refractivity contribution in [2.24, 2.45) is 0 Å². The molecule has 1 aromatic heterocycles. The van der Waals surface area contributed by atoms with Crippen LogP contribution in [0.25, 0.3) is 0 Å². The Morgan fingerprint density at radius 2 is 1.75 bits per heavy atom. The van der Waals surface area contributed by atoms with Gasteiger partial charge in [0.15, 0.2) is 0 Å². The molecule has 1 heterocycles. The van der Waals surface area contributed by atoms with Gasteiger partial charge in [-0.05, 0) is 75.6 Å². The molecule has 0 radical (unpaired) electrons. The number of nitrogens with one attached hydrogen (secondary N) is 1. The van der Waals surface area contributed by atoms with Crippen LogP contribution in [-0.2, 0) is 0 Å². The fourth-order valence-electron chi connectivity index (χ4n) is 2.74. The summed E-state index contributed by atoms with van der Waals surface area (Å²) < 4.78 is 13.3. The van der Waals surface area contributed by atoms with Crippen molar-refractivity contribution in [3.8, 4) is 0 Å². The number of anilines is 1. The molecule has 0 saturated carbocycles. The lowest BCUT2D eigenvalue weighted by Crippen LogP contribution is -2.11. The van der Waals surface area contributed by atoms with Gasteiger partial charge < -0.3 is 5.32 Å². The second kappa shape index (κ2) is 5.61. The van der Waals surface area contributed by atoms with E-state index in [1.807, 2.05) is 19.9 Å². The van der Waals surface area contributed by atoms with Crippen LogP contribution in [0.5, 0.6) is 0 Å². The van der Waals surface area contributed by atoms with Gasteiger partial charge >= 0.3 is 0 Å². The van der Waals surface area contributed by atoms with Crippen molar-refractivity contribution in [3.63, 3.8) is 0 Å². The average Bonchev–Trinajstić information content (AvgIpc) is 2.32. The molecule has 0 aliphatic carbocycles. The number of benzene rings is 1. The summed E-state index contributed by atoms with van der Waals surface area (Å²) in [5, 5.41) is 3.42. The quantitative estimate of drug-likeness (QED) is 0.881. The maximum absolute atomic E-state index is 13.3. The lowest BCUT2D eigenvalue weighted by molar-refractivity contribution is 0.618. The highest BCUT2D eigenvalue weighted by Gasteiger charge is 2.13. The van der Waals surface area contributed by atoms with Gasteiger partial charge in [-0.2, -0.15) is 0 Å². The largest absolute Gasteiger partial charge is 0.378 e. The van der Waals surface area contributed by atoms with Crippen LogP contribution >= 0.6 is 0 Å². The van der Waals surface area contributed by atoms with Crippen LogP contribution in [0, 0.1) is 33.5 Å². The van der Waals surface area contributed by atoms with Crippen LogP contribution in [0.3, 0.4) is 0 Å². The Kier molecular flexibility index (Phi) is 4.07. The monoisotopic (exact) mass is 272 g/mol. The van der Waals surface area contributed by atoms with Crippen LogP contribution in [0.4, 0.5) is 10.1 Å². The molecule has 0 spiro atoms. The Balaban J connectivity index is 2.28. The number of rotatable bonds is 3. The number of aryl methyl sites for hydroxylation is 4. The minimum Gasteiger partial charge on any atom is -0.378 e. The Morgan fingerprint density at radius 3 is 2.35 bits per heavy atom. The SMILES string of the molecule is Cc1cc(C)c(C(C)Nc2ccc(F)c(C)c2)c(C)n1. The van der Waals surface area contributed by atoms with Gasteiger partial charge in [0.1, 0.15) is 5.82 Å². The third kappa shape index (κ3) is 2.98. The molecule has 0 aliphatic heterocycles. The first-order valence-electron chi connectivity index (χ1n) is 6.86. The van der Waals surface area contributed by atoms with E-state index in [1.165, 1.54) is 17.2 Å². The first-order valence-corrected chi connectivity index (χ1v) is 6.86. The average molecular weight is 272 g/mol. The lowest BCUT2D eigenvalue weighted by Gasteiger charge is -2.20. The highest BCUT2D eigenvalue weighted by molar-refractivity contribution is 5.49. The topological polar surface area (TPSA) is 24.9 Å². The van der Waals surface area contributed by atoms with E-state index in [2.05, 4.69) is 30.2 Å². The van der Waals surface area contributed by atoms with Crippen LogP contribution in [0.15, 0.2) is 24.3 Å². The molecule has 0 aliphatic rings. The molecule has 20 heavy (non-hydrogen) atoms. The van der Waals surface area contributed by atoms with Gasteiger partial charge in [-0.15, -0.1) is 0 Å². The number of aromatic nitrogens is 1. The van der Waals surface area contributed by atoms with Crippen LogP contribution < -0.4 is 5.32 Å². The molecule has 106 valence electrons. The van der Waals surface area contributed by atoms with Crippen molar-refractivity contribution >= 4 is 5.69 Å². The maximum Gasteiger partial charge on any atom is 0.126 e. The van der Waals surface area contributed by atoms with Crippen molar-refractivity contribution < 1.29 is 4.39 Å². The molecule has 1 atom stereocenters. The number of pyridine rings is 1. The number of halogens is 1. The summed E-state index contributed by atoms with van der Waals surface area (Å²) in [5.41, 5.74) is 6.09. The molecular weight excluding hydrogens is 251 g/mol. The molecule has 1 unspecified atom stereocenters. The normalized spacial score (nSPS) is 12.3. The van der Waals surface area contributed by atoms with Crippen molar-refractivity contribution in [1.29, 1.82) is 0 Å². The first kappa shape index (κ1) is 14.5. The highest BCUT2D eigenvalue weighted by Crippen LogP contribution is 2.25. The number of hydrogen-bond acceptors (Lipinski definition) is 2. The Bertz CT molecular complexity index is 612. The number of nitrogens with zero attached hydrogens (tertiary/aromatic N) is 1. The summed E-state index contributed by atoms with van der Waals surface area (Å²) in [7, 11) is 0. The second-order valence-corrected chi connectivity index (χ2v) is 5.41. The van der Waals surface area contributed by atoms with E-state index in [0.717, 1.165) is 17.1 Å². The Hall–Kier alpha value is -1.90. The van der Waals surface area contributed by atoms with Gasteiger partial charge in [-0.3, -0.25) is 4.98 Å². The summed E-state index contributed by atoms with van der Waals surface area (Å²) in [6, 6.07) is 7.32. The molecule has 1 aromatic carbocycles. The zero-order valence-electron chi connectivity index (χ0n) is 12.7. The van der Waals surface area contributed by atoms with Gasteiger partial charge in [0.05, 0.1) is 6.04 Å². The molecule has 0 bridgehead atoms. The van der Waals surface area contributed by atoms with E-state index in [1.54, 1.807) is 13.0 Å². The molecule has 0 amide bonds. The van der Waals surface area contributed by atoms with Gasteiger partial charge in [0, 0.05) is 17.1 Å². The number of hydrogen-bond donors (Lipinski definition) is 1. The van der Waals surface area contributed by atoms with Gasteiger partial charge in [-0.1, -0.05) is 0 Å². The highest BCUT2D eigenvalue weighted by atomic mass is 19.1. The molecule has 0 fully saturated rings. The molecule has 1 N–H and O–H groups in total. The van der Waals surface area contributed by atoms with Gasteiger partial charge in [0.2, 0.25) is 0 Å². The fraction of sp³-hybridized carbons (Fsp3) is 0.353. The first-order chi connectivity index (χ1) is 9.38. The van der Waals surface area contributed by atoms with E-state index < -0.39 is 0 Å². The molecule has 0 saturated heterocycles.